The van der Waals surface area contributed by atoms with E-state index in [2.05, 4.69) is 15.0 Å². The molecule has 3 aromatic heterocycles. The summed E-state index contributed by atoms with van der Waals surface area (Å²) in [4.78, 5) is 19.3. The van der Waals surface area contributed by atoms with E-state index in [4.69, 9.17) is 4.74 Å². The molecular formula is C16H19N5O2. The van der Waals surface area contributed by atoms with Gasteiger partial charge in [-0.2, -0.15) is 5.10 Å². The lowest BCUT2D eigenvalue weighted by Crippen LogP contribution is -2.37. The number of pyridine rings is 1. The number of morpholine rings is 1. The predicted molar refractivity (Wildman–Crippen MR) is 86.6 cm³/mol. The molecule has 0 amide bonds. The van der Waals surface area contributed by atoms with Gasteiger partial charge in [-0.1, -0.05) is 0 Å². The van der Waals surface area contributed by atoms with Gasteiger partial charge >= 0.3 is 0 Å². The SMILES string of the molecule is O=c1c2cnc3ccnn3c2ccn1CCCN1CCOCC1. The standard InChI is InChI=1S/C16H19N5O2/c22-16-13-12-17-15-2-4-18-21(15)14(13)3-7-20(16)6-1-5-19-8-10-23-11-9-19/h2-4,7,12H,1,5-6,8-11H2. The van der Waals surface area contributed by atoms with Crippen LogP contribution in [0.15, 0.2) is 35.5 Å². The molecule has 0 unspecified atom stereocenters. The highest BCUT2D eigenvalue weighted by molar-refractivity contribution is 5.78. The molecule has 3 aromatic rings. The van der Waals surface area contributed by atoms with E-state index >= 15 is 0 Å². The molecule has 1 aliphatic rings. The molecule has 120 valence electrons. The number of rotatable bonds is 4. The number of aromatic nitrogens is 4. The molecule has 1 fully saturated rings. The van der Waals surface area contributed by atoms with Crippen LogP contribution >= 0.6 is 0 Å². The van der Waals surface area contributed by atoms with E-state index < -0.39 is 0 Å². The Morgan fingerprint density at radius 2 is 2.04 bits per heavy atom. The molecule has 0 spiro atoms. The molecule has 0 bridgehead atoms. The fraction of sp³-hybridized carbons (Fsp3) is 0.438. The van der Waals surface area contributed by atoms with Gasteiger partial charge < -0.3 is 9.30 Å². The quantitative estimate of drug-likeness (QED) is 0.712. The van der Waals surface area contributed by atoms with Crippen molar-refractivity contribution in [3.63, 3.8) is 0 Å². The van der Waals surface area contributed by atoms with Gasteiger partial charge in [-0.05, 0) is 12.5 Å². The van der Waals surface area contributed by atoms with Gasteiger partial charge in [0, 0.05) is 44.6 Å². The lowest BCUT2D eigenvalue weighted by molar-refractivity contribution is 0.0369. The van der Waals surface area contributed by atoms with Crippen molar-refractivity contribution in [3.05, 3.63) is 41.1 Å². The maximum absolute atomic E-state index is 12.6. The summed E-state index contributed by atoms with van der Waals surface area (Å²) < 4.78 is 8.81. The van der Waals surface area contributed by atoms with Crippen LogP contribution in [0.3, 0.4) is 0 Å². The average molecular weight is 313 g/mol. The van der Waals surface area contributed by atoms with Crippen LogP contribution < -0.4 is 5.56 Å². The van der Waals surface area contributed by atoms with E-state index in [0.29, 0.717) is 11.9 Å². The zero-order chi connectivity index (χ0) is 15.6. The van der Waals surface area contributed by atoms with E-state index in [9.17, 15) is 4.79 Å². The van der Waals surface area contributed by atoms with Gasteiger partial charge in [-0.15, -0.1) is 0 Å². The minimum Gasteiger partial charge on any atom is -0.379 e. The van der Waals surface area contributed by atoms with Gasteiger partial charge in [0.2, 0.25) is 0 Å². The Labute approximate surface area is 133 Å². The molecule has 4 heterocycles. The molecule has 0 N–H and O–H groups in total. The Kier molecular flexibility index (Phi) is 3.80. The van der Waals surface area contributed by atoms with Gasteiger partial charge in [-0.25, -0.2) is 9.50 Å². The van der Waals surface area contributed by atoms with Gasteiger partial charge in [0.1, 0.15) is 0 Å². The summed E-state index contributed by atoms with van der Waals surface area (Å²) in [6.07, 6.45) is 6.14. The molecule has 0 aliphatic carbocycles. The second-order valence-corrected chi connectivity index (χ2v) is 5.78. The zero-order valence-corrected chi connectivity index (χ0v) is 12.9. The highest BCUT2D eigenvalue weighted by Crippen LogP contribution is 2.10. The first-order chi connectivity index (χ1) is 11.3. The summed E-state index contributed by atoms with van der Waals surface area (Å²) in [5.74, 6) is 0. The number of fused-ring (bicyclic) bond motifs is 3. The molecule has 0 atom stereocenters. The highest BCUT2D eigenvalue weighted by Gasteiger charge is 2.11. The van der Waals surface area contributed by atoms with Gasteiger partial charge in [-0.3, -0.25) is 9.69 Å². The van der Waals surface area contributed by atoms with Crippen molar-refractivity contribution in [2.24, 2.45) is 0 Å². The Bertz CT molecular complexity index is 879. The molecular weight excluding hydrogens is 294 g/mol. The van der Waals surface area contributed by atoms with Gasteiger partial charge in [0.25, 0.3) is 5.56 Å². The Morgan fingerprint density at radius 1 is 1.17 bits per heavy atom. The summed E-state index contributed by atoms with van der Waals surface area (Å²) in [5, 5.41) is 4.84. The lowest BCUT2D eigenvalue weighted by Gasteiger charge is -2.26. The van der Waals surface area contributed by atoms with Crippen molar-refractivity contribution in [1.29, 1.82) is 0 Å². The van der Waals surface area contributed by atoms with Crippen LogP contribution in [0.1, 0.15) is 6.42 Å². The van der Waals surface area contributed by atoms with Crippen LogP contribution in [-0.2, 0) is 11.3 Å². The van der Waals surface area contributed by atoms with E-state index in [1.54, 1.807) is 21.5 Å². The average Bonchev–Trinajstić information content (AvgIpc) is 3.07. The summed E-state index contributed by atoms with van der Waals surface area (Å²) >= 11 is 0. The molecule has 7 heteroatoms. The Morgan fingerprint density at radius 3 is 2.91 bits per heavy atom. The summed E-state index contributed by atoms with van der Waals surface area (Å²) in [5.41, 5.74) is 1.55. The van der Waals surface area contributed by atoms with Crippen molar-refractivity contribution >= 4 is 16.6 Å². The third-order valence-corrected chi connectivity index (χ3v) is 4.33. The molecule has 1 aliphatic heterocycles. The smallest absolute Gasteiger partial charge is 0.261 e. The van der Waals surface area contributed by atoms with E-state index in [-0.39, 0.29) is 5.56 Å². The molecule has 7 nitrogen and oxygen atoms in total. The van der Waals surface area contributed by atoms with Crippen LogP contribution in [0.5, 0.6) is 0 Å². The van der Waals surface area contributed by atoms with Crippen LogP contribution in [0, 0.1) is 0 Å². The van der Waals surface area contributed by atoms with Gasteiger partial charge in [0.15, 0.2) is 5.65 Å². The lowest BCUT2D eigenvalue weighted by atomic mass is 10.3. The van der Waals surface area contributed by atoms with Crippen LogP contribution in [-0.4, -0.2) is 56.9 Å². The largest absolute Gasteiger partial charge is 0.379 e. The minimum absolute atomic E-state index is 0.00521. The summed E-state index contributed by atoms with van der Waals surface area (Å²) in [7, 11) is 0. The van der Waals surface area contributed by atoms with Crippen molar-refractivity contribution in [2.75, 3.05) is 32.8 Å². The Balaban J connectivity index is 1.54. The van der Waals surface area contributed by atoms with E-state index in [0.717, 1.165) is 50.4 Å². The molecule has 0 saturated carbocycles. The normalized spacial score (nSPS) is 16.3. The predicted octanol–water partition coefficient (Wildman–Crippen LogP) is 0.766. The maximum Gasteiger partial charge on any atom is 0.261 e. The third-order valence-electron chi connectivity index (χ3n) is 4.33. The fourth-order valence-electron chi connectivity index (χ4n) is 3.06. The zero-order valence-electron chi connectivity index (χ0n) is 12.9. The van der Waals surface area contributed by atoms with Crippen molar-refractivity contribution in [3.8, 4) is 0 Å². The summed E-state index contributed by atoms with van der Waals surface area (Å²) in [6.45, 7) is 5.28. The molecule has 1 saturated heterocycles. The van der Waals surface area contributed by atoms with Crippen molar-refractivity contribution in [2.45, 2.75) is 13.0 Å². The third kappa shape index (κ3) is 2.73. The maximum atomic E-state index is 12.6. The number of ether oxygens (including phenoxy) is 1. The van der Waals surface area contributed by atoms with E-state index in [1.807, 2.05) is 18.3 Å². The first kappa shape index (κ1) is 14.3. The fourth-order valence-corrected chi connectivity index (χ4v) is 3.06. The van der Waals surface area contributed by atoms with Crippen molar-refractivity contribution < 1.29 is 4.74 Å². The number of hydrogen-bond acceptors (Lipinski definition) is 5. The van der Waals surface area contributed by atoms with Crippen molar-refractivity contribution in [1.82, 2.24) is 24.1 Å². The summed E-state index contributed by atoms with van der Waals surface area (Å²) in [6, 6.07) is 3.76. The van der Waals surface area contributed by atoms with E-state index in [1.165, 1.54) is 0 Å². The molecule has 4 rings (SSSR count). The first-order valence-electron chi connectivity index (χ1n) is 7.95. The minimum atomic E-state index is -0.00521. The number of hydrogen-bond donors (Lipinski definition) is 0. The topological polar surface area (TPSA) is 64.7 Å². The monoisotopic (exact) mass is 313 g/mol. The van der Waals surface area contributed by atoms with Crippen LogP contribution in [0.25, 0.3) is 16.6 Å². The highest BCUT2D eigenvalue weighted by atomic mass is 16.5. The number of aryl methyl sites for hydroxylation is 1. The van der Waals surface area contributed by atoms with Gasteiger partial charge in [0.05, 0.1) is 30.3 Å². The second-order valence-electron chi connectivity index (χ2n) is 5.78. The molecule has 0 aromatic carbocycles. The van der Waals surface area contributed by atoms with Crippen LogP contribution in [0.4, 0.5) is 0 Å². The molecule has 0 radical (unpaired) electrons. The second kappa shape index (κ2) is 6.10. The van der Waals surface area contributed by atoms with Crippen LogP contribution in [0.2, 0.25) is 0 Å². The first-order valence-corrected chi connectivity index (χ1v) is 7.95. The Hall–Kier alpha value is -2.25. The molecule has 23 heavy (non-hydrogen) atoms. The number of nitrogens with zero attached hydrogens (tertiary/aromatic N) is 5.